The molecule has 0 aliphatic carbocycles. The summed E-state index contributed by atoms with van der Waals surface area (Å²) in [6.07, 6.45) is 0. The number of amides is 1. The minimum atomic E-state index is -0.288. The van der Waals surface area contributed by atoms with Crippen LogP contribution in [0.3, 0.4) is 0 Å². The van der Waals surface area contributed by atoms with E-state index in [1.807, 2.05) is 6.92 Å². The molecule has 5 heteroatoms. The van der Waals surface area contributed by atoms with Crippen LogP contribution in [0.2, 0.25) is 0 Å². The number of benzene rings is 1. The molecule has 1 aliphatic rings. The first-order valence-electron chi connectivity index (χ1n) is 5.60. The zero-order valence-electron chi connectivity index (χ0n) is 9.77. The standard InChI is InChI=1S/C12H16N2O3/c1-9-2-3-10(11(15)8-9)12(16)13-14-4-6-17-7-5-14/h2-3,8,15H,4-7H2,1H3,(H,13,16). The first kappa shape index (κ1) is 11.9. The highest BCUT2D eigenvalue weighted by molar-refractivity contribution is 5.96. The van der Waals surface area contributed by atoms with E-state index in [4.69, 9.17) is 4.74 Å². The molecule has 1 fully saturated rings. The maximum Gasteiger partial charge on any atom is 0.269 e. The fourth-order valence-corrected chi connectivity index (χ4v) is 1.71. The van der Waals surface area contributed by atoms with Crippen molar-refractivity contribution in [2.24, 2.45) is 0 Å². The van der Waals surface area contributed by atoms with E-state index in [1.54, 1.807) is 23.2 Å². The third kappa shape index (κ3) is 2.95. The van der Waals surface area contributed by atoms with Gasteiger partial charge in [0.05, 0.1) is 18.8 Å². The molecule has 5 nitrogen and oxygen atoms in total. The number of carbonyl (C=O) groups is 1. The van der Waals surface area contributed by atoms with Gasteiger partial charge in [-0.05, 0) is 24.6 Å². The number of nitrogens with one attached hydrogen (secondary N) is 1. The van der Waals surface area contributed by atoms with E-state index in [1.165, 1.54) is 0 Å². The van der Waals surface area contributed by atoms with E-state index < -0.39 is 0 Å². The van der Waals surface area contributed by atoms with Gasteiger partial charge in [-0.2, -0.15) is 0 Å². The highest BCUT2D eigenvalue weighted by atomic mass is 16.5. The summed E-state index contributed by atoms with van der Waals surface area (Å²) in [6, 6.07) is 5.00. The molecule has 1 heterocycles. The van der Waals surface area contributed by atoms with Gasteiger partial charge < -0.3 is 9.84 Å². The summed E-state index contributed by atoms with van der Waals surface area (Å²) < 4.78 is 5.18. The summed E-state index contributed by atoms with van der Waals surface area (Å²) in [6.45, 7) is 4.42. The van der Waals surface area contributed by atoms with E-state index in [9.17, 15) is 9.90 Å². The largest absolute Gasteiger partial charge is 0.507 e. The minimum absolute atomic E-state index is 0.00996. The van der Waals surface area contributed by atoms with Gasteiger partial charge in [-0.3, -0.25) is 10.2 Å². The Balaban J connectivity index is 2.03. The zero-order valence-corrected chi connectivity index (χ0v) is 9.77. The quantitative estimate of drug-likeness (QED) is 0.792. The number of hydrazine groups is 1. The number of hydrogen-bond donors (Lipinski definition) is 2. The predicted octanol–water partition coefficient (Wildman–Crippen LogP) is 0.678. The van der Waals surface area contributed by atoms with Crippen molar-refractivity contribution in [1.29, 1.82) is 0 Å². The number of aromatic hydroxyl groups is 1. The molecule has 2 rings (SSSR count). The molecule has 1 saturated heterocycles. The Morgan fingerprint density at radius 1 is 1.41 bits per heavy atom. The van der Waals surface area contributed by atoms with Crippen LogP contribution in [0, 0.1) is 6.92 Å². The molecule has 1 aromatic carbocycles. The number of phenols is 1. The van der Waals surface area contributed by atoms with Gasteiger partial charge in [0, 0.05) is 13.1 Å². The van der Waals surface area contributed by atoms with Crippen LogP contribution in [0.4, 0.5) is 0 Å². The Labute approximate surface area is 100.0 Å². The Bertz CT molecular complexity index is 414. The number of phenolic OH excluding ortho intramolecular Hbond substituents is 1. The van der Waals surface area contributed by atoms with Gasteiger partial charge in [-0.25, -0.2) is 5.01 Å². The average molecular weight is 236 g/mol. The monoisotopic (exact) mass is 236 g/mol. The first-order chi connectivity index (χ1) is 8.16. The molecule has 0 radical (unpaired) electrons. The molecule has 0 bridgehead atoms. The van der Waals surface area contributed by atoms with E-state index in [2.05, 4.69) is 5.43 Å². The van der Waals surface area contributed by atoms with Crippen LogP contribution in [-0.4, -0.2) is 42.3 Å². The lowest BCUT2D eigenvalue weighted by Gasteiger charge is -2.27. The van der Waals surface area contributed by atoms with Crippen LogP contribution in [0.15, 0.2) is 18.2 Å². The van der Waals surface area contributed by atoms with Crippen molar-refractivity contribution in [3.63, 3.8) is 0 Å². The molecule has 0 aromatic heterocycles. The van der Waals surface area contributed by atoms with Crippen LogP contribution in [-0.2, 0) is 4.74 Å². The van der Waals surface area contributed by atoms with Gasteiger partial charge in [0.2, 0.25) is 0 Å². The number of aryl methyl sites for hydroxylation is 1. The second kappa shape index (κ2) is 5.16. The SMILES string of the molecule is Cc1ccc(C(=O)NN2CCOCC2)c(O)c1. The first-order valence-corrected chi connectivity index (χ1v) is 5.60. The van der Waals surface area contributed by atoms with Crippen LogP contribution < -0.4 is 5.43 Å². The van der Waals surface area contributed by atoms with E-state index >= 15 is 0 Å². The van der Waals surface area contributed by atoms with Crippen LogP contribution >= 0.6 is 0 Å². The van der Waals surface area contributed by atoms with Crippen molar-refractivity contribution in [3.8, 4) is 5.75 Å². The van der Waals surface area contributed by atoms with Gasteiger partial charge in [-0.1, -0.05) is 6.07 Å². The van der Waals surface area contributed by atoms with Crippen molar-refractivity contribution in [3.05, 3.63) is 29.3 Å². The van der Waals surface area contributed by atoms with E-state index in [0.29, 0.717) is 31.9 Å². The number of hydrogen-bond acceptors (Lipinski definition) is 4. The minimum Gasteiger partial charge on any atom is -0.507 e. The zero-order chi connectivity index (χ0) is 12.3. The van der Waals surface area contributed by atoms with Crippen LogP contribution in [0.5, 0.6) is 5.75 Å². The van der Waals surface area contributed by atoms with Crippen molar-refractivity contribution in [1.82, 2.24) is 10.4 Å². The lowest BCUT2D eigenvalue weighted by molar-refractivity contribution is 0.0125. The predicted molar refractivity (Wildman–Crippen MR) is 62.7 cm³/mol. The smallest absolute Gasteiger partial charge is 0.269 e. The third-order valence-electron chi connectivity index (χ3n) is 2.67. The van der Waals surface area contributed by atoms with E-state index in [0.717, 1.165) is 5.56 Å². The highest BCUT2D eigenvalue weighted by Gasteiger charge is 2.16. The van der Waals surface area contributed by atoms with Crippen molar-refractivity contribution in [2.45, 2.75) is 6.92 Å². The van der Waals surface area contributed by atoms with Crippen molar-refractivity contribution in [2.75, 3.05) is 26.3 Å². The molecule has 2 N–H and O–H groups in total. The lowest BCUT2D eigenvalue weighted by atomic mass is 10.1. The molecular weight excluding hydrogens is 220 g/mol. The average Bonchev–Trinajstić information content (AvgIpc) is 2.30. The van der Waals surface area contributed by atoms with Gasteiger partial charge in [0.25, 0.3) is 5.91 Å². The maximum absolute atomic E-state index is 11.9. The molecule has 1 amide bonds. The fourth-order valence-electron chi connectivity index (χ4n) is 1.71. The molecule has 17 heavy (non-hydrogen) atoms. The van der Waals surface area contributed by atoms with Gasteiger partial charge in [0.15, 0.2) is 0 Å². The maximum atomic E-state index is 11.9. The summed E-state index contributed by atoms with van der Waals surface area (Å²) in [5.41, 5.74) is 3.97. The summed E-state index contributed by atoms with van der Waals surface area (Å²) >= 11 is 0. The normalized spacial score (nSPS) is 16.8. The molecule has 92 valence electrons. The van der Waals surface area contributed by atoms with Crippen molar-refractivity contribution < 1.29 is 14.6 Å². The van der Waals surface area contributed by atoms with E-state index in [-0.39, 0.29) is 11.7 Å². The molecule has 0 spiro atoms. The summed E-state index contributed by atoms with van der Waals surface area (Å²) in [4.78, 5) is 11.9. The second-order valence-corrected chi connectivity index (χ2v) is 4.06. The topological polar surface area (TPSA) is 61.8 Å². The third-order valence-corrected chi connectivity index (χ3v) is 2.67. The summed E-state index contributed by atoms with van der Waals surface area (Å²) in [7, 11) is 0. The summed E-state index contributed by atoms with van der Waals surface area (Å²) in [5.74, 6) is -0.278. The number of rotatable bonds is 2. The molecule has 0 saturated carbocycles. The fraction of sp³-hybridized carbons (Fsp3) is 0.417. The van der Waals surface area contributed by atoms with Crippen LogP contribution in [0.1, 0.15) is 15.9 Å². The molecule has 0 unspecified atom stereocenters. The Morgan fingerprint density at radius 2 is 2.12 bits per heavy atom. The summed E-state index contributed by atoms with van der Waals surface area (Å²) in [5, 5.41) is 11.5. The van der Waals surface area contributed by atoms with Gasteiger partial charge in [0.1, 0.15) is 5.75 Å². The van der Waals surface area contributed by atoms with Crippen molar-refractivity contribution >= 4 is 5.91 Å². The number of ether oxygens (including phenoxy) is 1. The van der Waals surface area contributed by atoms with Crippen LogP contribution in [0.25, 0.3) is 0 Å². The highest BCUT2D eigenvalue weighted by Crippen LogP contribution is 2.18. The molecule has 0 atom stereocenters. The Kier molecular flexibility index (Phi) is 3.61. The lowest BCUT2D eigenvalue weighted by Crippen LogP contribution is -2.48. The Morgan fingerprint density at radius 3 is 2.76 bits per heavy atom. The molecule has 1 aromatic rings. The van der Waals surface area contributed by atoms with Gasteiger partial charge in [-0.15, -0.1) is 0 Å². The number of morpholine rings is 1. The second-order valence-electron chi connectivity index (χ2n) is 4.06. The van der Waals surface area contributed by atoms with Gasteiger partial charge >= 0.3 is 0 Å². The Hall–Kier alpha value is -1.59. The number of carbonyl (C=O) groups excluding carboxylic acids is 1. The molecular formula is C12H16N2O3. The number of nitrogens with zero attached hydrogens (tertiary/aromatic N) is 1. The molecule has 1 aliphatic heterocycles.